The Morgan fingerprint density at radius 3 is 1.40 bits per heavy atom. The number of aliphatic hydroxyl groups excluding tert-OH is 1. The van der Waals surface area contributed by atoms with Gasteiger partial charge in [0.1, 0.15) is 35.0 Å². The van der Waals surface area contributed by atoms with Crippen LogP contribution in [-0.2, 0) is 0 Å². The summed E-state index contributed by atoms with van der Waals surface area (Å²) in [6, 6.07) is 29.4. The molecule has 5 N–H and O–H groups in total. The number of nitro groups is 1. The van der Waals surface area contributed by atoms with Crippen molar-refractivity contribution in [2.24, 2.45) is 0 Å². The van der Waals surface area contributed by atoms with Crippen LogP contribution in [0.25, 0.3) is 22.5 Å². The summed E-state index contributed by atoms with van der Waals surface area (Å²) in [7, 11) is 0. The molecule has 67 heavy (non-hydrogen) atoms. The molecule has 0 aliphatic heterocycles. The zero-order valence-corrected chi connectivity index (χ0v) is 39.4. The average molecular weight is 937 g/mol. The first kappa shape index (κ1) is 48.6. The second kappa shape index (κ2) is 22.4. The molecule has 0 unspecified atom stereocenters. The molecule has 0 saturated heterocycles. The van der Waals surface area contributed by atoms with E-state index in [1.807, 2.05) is 125 Å². The van der Waals surface area contributed by atoms with Crippen molar-refractivity contribution in [1.29, 1.82) is 0 Å². The van der Waals surface area contributed by atoms with Gasteiger partial charge in [-0.15, -0.1) is 22.7 Å². The summed E-state index contributed by atoms with van der Waals surface area (Å²) in [6.45, 7) is 14.0. The Labute approximate surface area is 395 Å². The zero-order valence-electron chi connectivity index (χ0n) is 37.8. The summed E-state index contributed by atoms with van der Waals surface area (Å²) in [6.07, 6.45) is 2.73. The topological polar surface area (TPSA) is 218 Å². The number of pyridine rings is 2. The zero-order chi connectivity index (χ0) is 48.2. The van der Waals surface area contributed by atoms with Gasteiger partial charge < -0.3 is 30.4 Å². The van der Waals surface area contributed by atoms with Crippen LogP contribution in [0.15, 0.2) is 120 Å². The van der Waals surface area contributed by atoms with Gasteiger partial charge in [-0.05, 0) is 147 Å². The van der Waals surface area contributed by atoms with Gasteiger partial charge in [-0.3, -0.25) is 20.2 Å². The van der Waals surface area contributed by atoms with E-state index in [4.69, 9.17) is 20.3 Å². The Hall–Kier alpha value is -7.86. The van der Waals surface area contributed by atoms with Crippen LogP contribution >= 0.6 is 22.7 Å². The monoisotopic (exact) mass is 936 g/mol. The Balaban J connectivity index is 0.000000209. The lowest BCUT2D eigenvalue weighted by molar-refractivity contribution is -0.389. The predicted molar refractivity (Wildman–Crippen MR) is 265 cm³/mol. The molecular weight excluding hydrogens is 889 g/mol. The van der Waals surface area contributed by atoms with Crippen molar-refractivity contribution in [2.45, 2.75) is 48.5 Å². The fourth-order valence-corrected chi connectivity index (χ4v) is 8.13. The Morgan fingerprint density at radius 2 is 1.01 bits per heavy atom. The van der Waals surface area contributed by atoms with Gasteiger partial charge in [0.2, 0.25) is 0 Å². The van der Waals surface area contributed by atoms with E-state index in [0.29, 0.717) is 21.6 Å². The summed E-state index contributed by atoms with van der Waals surface area (Å²) >= 11 is 2.66. The van der Waals surface area contributed by atoms with E-state index in [-0.39, 0.29) is 23.9 Å². The molecule has 0 spiro atoms. The van der Waals surface area contributed by atoms with Gasteiger partial charge in [0.05, 0.1) is 17.0 Å². The maximum absolute atomic E-state index is 12.5. The number of aliphatic hydroxyl groups is 1. The first-order chi connectivity index (χ1) is 32.1. The van der Waals surface area contributed by atoms with Crippen LogP contribution in [0, 0.1) is 51.7 Å². The van der Waals surface area contributed by atoms with Crippen LogP contribution in [0.3, 0.4) is 0 Å². The van der Waals surface area contributed by atoms with E-state index in [9.17, 15) is 19.7 Å². The molecule has 15 nitrogen and oxygen atoms in total. The lowest BCUT2D eigenvalue weighted by Gasteiger charge is -2.12. The molecule has 0 fully saturated rings. The number of nitrogens with one attached hydrogen (secondary N) is 2. The molecule has 2 amide bonds. The summed E-state index contributed by atoms with van der Waals surface area (Å²) in [4.78, 5) is 51.9. The number of hydrogen-bond acceptors (Lipinski definition) is 14. The fourth-order valence-electron chi connectivity index (χ4n) is 6.74. The normalized spacial score (nSPS) is 10.4. The molecule has 0 bridgehead atoms. The van der Waals surface area contributed by atoms with Crippen LogP contribution in [-0.4, -0.2) is 48.4 Å². The third-order valence-electron chi connectivity index (χ3n) is 9.73. The van der Waals surface area contributed by atoms with Crippen LogP contribution in [0.5, 0.6) is 23.0 Å². The number of carbonyl (C=O) groups excluding carboxylic acids is 2. The highest BCUT2D eigenvalue weighted by Crippen LogP contribution is 2.36. The third-order valence-corrected chi connectivity index (χ3v) is 11.2. The number of nitrogens with zero attached hydrogens (tertiary/aromatic N) is 5. The minimum atomic E-state index is -0.643. The van der Waals surface area contributed by atoms with Gasteiger partial charge in [0.25, 0.3) is 11.8 Å². The van der Waals surface area contributed by atoms with E-state index < -0.39 is 10.8 Å². The van der Waals surface area contributed by atoms with E-state index in [2.05, 4.69) is 30.6 Å². The number of nitrogen functional groups attached to an aromatic ring is 1. The van der Waals surface area contributed by atoms with E-state index >= 15 is 0 Å². The molecule has 0 aliphatic rings. The number of carbonyl (C=O) groups is 2. The number of nitrogens with two attached hydrogens (primary N) is 1. The summed E-state index contributed by atoms with van der Waals surface area (Å²) in [5, 5.41) is 28.7. The van der Waals surface area contributed by atoms with Crippen molar-refractivity contribution in [3.8, 4) is 45.5 Å². The largest absolute Gasteiger partial charge is 0.457 e. The van der Waals surface area contributed by atoms with Crippen molar-refractivity contribution < 1.29 is 29.1 Å². The van der Waals surface area contributed by atoms with Gasteiger partial charge in [-0.1, -0.05) is 35.4 Å². The standard InChI is InChI=1S/C24H20N4O4S.C24H22N4O2S.C2H6O/c1-14-4-6-18(7-5-14)32-19-10-15(2)22(16(3)11-19)20-13-33-24(26-20)27-23(29)17-8-9-25-21(12-17)28(30)31;1-14-4-6-18(7-5-14)30-19-10-15(2)22(16(3)11-19)20-13-31-24(27-20)28-23(29)17-8-9-26-21(25)12-17;1-2-3/h4-13H,1-3H3,(H,26,27,29);4-13H,1-3H3,(H2,25,26)(H,27,28,29);3H,2H2,1H3. The Morgan fingerprint density at radius 1 is 0.627 bits per heavy atom. The highest BCUT2D eigenvalue weighted by atomic mass is 32.1. The second-order valence-corrected chi connectivity index (χ2v) is 16.8. The Bertz CT molecular complexity index is 2980. The number of amides is 2. The molecule has 4 heterocycles. The van der Waals surface area contributed by atoms with Crippen molar-refractivity contribution in [3.63, 3.8) is 0 Å². The molecule has 8 rings (SSSR count). The summed E-state index contributed by atoms with van der Waals surface area (Å²) in [5.41, 5.74) is 16.2. The van der Waals surface area contributed by atoms with E-state index in [1.165, 1.54) is 58.3 Å². The van der Waals surface area contributed by atoms with Crippen LogP contribution < -0.4 is 25.8 Å². The number of aromatic nitrogens is 4. The first-order valence-electron chi connectivity index (χ1n) is 20.8. The predicted octanol–water partition coefficient (Wildman–Crippen LogP) is 11.8. The summed E-state index contributed by atoms with van der Waals surface area (Å²) in [5.74, 6) is 2.23. The number of thiazole rings is 2. The van der Waals surface area contributed by atoms with Gasteiger partial charge in [0, 0.05) is 46.3 Å². The number of anilines is 3. The summed E-state index contributed by atoms with van der Waals surface area (Å²) < 4.78 is 12.0. The number of ether oxygens (including phenoxy) is 2. The third kappa shape index (κ3) is 13.1. The molecule has 4 aromatic carbocycles. The second-order valence-electron chi connectivity index (χ2n) is 15.1. The van der Waals surface area contributed by atoms with Crippen LogP contribution in [0.2, 0.25) is 0 Å². The minimum absolute atomic E-state index is 0.137. The Kier molecular flexibility index (Phi) is 16.2. The van der Waals surface area contributed by atoms with Gasteiger partial charge in [-0.2, -0.15) is 0 Å². The molecule has 0 radical (unpaired) electrons. The first-order valence-corrected chi connectivity index (χ1v) is 22.6. The highest BCUT2D eigenvalue weighted by molar-refractivity contribution is 7.14. The molecule has 4 aromatic heterocycles. The number of benzene rings is 4. The minimum Gasteiger partial charge on any atom is -0.457 e. The molecule has 342 valence electrons. The maximum atomic E-state index is 12.5. The molecule has 0 atom stereocenters. The average Bonchev–Trinajstić information content (AvgIpc) is 3.95. The number of aryl methyl sites for hydroxylation is 6. The molecule has 8 aromatic rings. The van der Waals surface area contributed by atoms with Gasteiger partial charge >= 0.3 is 5.82 Å². The van der Waals surface area contributed by atoms with E-state index in [1.54, 1.807) is 13.0 Å². The van der Waals surface area contributed by atoms with Gasteiger partial charge in [0.15, 0.2) is 10.3 Å². The fraction of sp³-hybridized carbons (Fsp3) is 0.160. The smallest absolute Gasteiger partial charge is 0.364 e. The highest BCUT2D eigenvalue weighted by Gasteiger charge is 2.18. The van der Waals surface area contributed by atoms with E-state index in [0.717, 1.165) is 73.8 Å². The van der Waals surface area contributed by atoms with Crippen molar-refractivity contribution in [1.82, 2.24) is 19.9 Å². The number of rotatable bonds is 11. The van der Waals surface area contributed by atoms with Crippen molar-refractivity contribution in [2.75, 3.05) is 23.0 Å². The van der Waals surface area contributed by atoms with Crippen LogP contribution in [0.1, 0.15) is 61.0 Å². The molecule has 0 saturated carbocycles. The van der Waals surface area contributed by atoms with Crippen LogP contribution in [0.4, 0.5) is 21.9 Å². The number of hydrogen-bond donors (Lipinski definition) is 4. The molecule has 17 heteroatoms. The molecular formula is C50H48N8O7S2. The SMILES string of the molecule is CCO.Cc1ccc(Oc2cc(C)c(-c3csc(NC(=O)c4ccnc(N)c4)n3)c(C)c2)cc1.Cc1ccc(Oc2cc(C)c(-c3csc(NC(=O)c4ccnc([N+](=O)[O-])c4)n3)c(C)c2)cc1. The lowest BCUT2D eigenvalue weighted by Crippen LogP contribution is -2.12. The maximum Gasteiger partial charge on any atom is 0.364 e. The quantitative estimate of drug-likeness (QED) is 0.0703. The van der Waals surface area contributed by atoms with Gasteiger partial charge in [-0.25, -0.2) is 15.0 Å². The van der Waals surface area contributed by atoms with Crippen molar-refractivity contribution >= 4 is 56.4 Å². The lowest BCUT2D eigenvalue weighted by atomic mass is 10.0. The molecule has 0 aliphatic carbocycles. The van der Waals surface area contributed by atoms with Crippen molar-refractivity contribution in [3.05, 3.63) is 175 Å².